The Morgan fingerprint density at radius 2 is 1.70 bits per heavy atom. The molecule has 178 valence electrons. The standard InChI is InChI=1S/C24H31N3O5S/c1-26(18-19-8-4-3-5-9-19)17-14-25-23(28)20-12-15-27(16-13-20)33(30,31)22-11-7-6-10-21(22)24(29)32-2/h3-11,20H,12-18H2,1-2H3,(H,25,28). The van der Waals surface area contributed by atoms with Crippen molar-refractivity contribution in [2.45, 2.75) is 24.3 Å². The number of likely N-dealkylation sites (N-methyl/N-ethyl adjacent to an activating group) is 1. The number of nitrogens with zero attached hydrogens (tertiary/aromatic N) is 2. The van der Waals surface area contributed by atoms with Crippen LogP contribution in [0, 0.1) is 5.92 Å². The summed E-state index contributed by atoms with van der Waals surface area (Å²) < 4.78 is 32.3. The van der Waals surface area contributed by atoms with E-state index in [0.717, 1.165) is 13.1 Å². The maximum absolute atomic E-state index is 13.1. The molecule has 9 heteroatoms. The third-order valence-electron chi connectivity index (χ3n) is 5.82. The number of carbonyl (C=O) groups is 2. The minimum Gasteiger partial charge on any atom is -0.465 e. The number of rotatable bonds is 9. The van der Waals surface area contributed by atoms with Crippen LogP contribution in [0.4, 0.5) is 0 Å². The van der Waals surface area contributed by atoms with Gasteiger partial charge in [-0.05, 0) is 37.6 Å². The van der Waals surface area contributed by atoms with Gasteiger partial charge >= 0.3 is 5.97 Å². The molecule has 0 aliphatic carbocycles. The van der Waals surface area contributed by atoms with Gasteiger partial charge in [-0.3, -0.25) is 4.79 Å². The molecule has 0 unspecified atom stereocenters. The summed E-state index contributed by atoms with van der Waals surface area (Å²) in [6.07, 6.45) is 0.872. The number of sulfonamides is 1. The molecule has 1 fully saturated rings. The first-order valence-electron chi connectivity index (χ1n) is 11.0. The fourth-order valence-corrected chi connectivity index (χ4v) is 5.61. The molecular weight excluding hydrogens is 442 g/mol. The molecule has 1 aliphatic rings. The van der Waals surface area contributed by atoms with Crippen LogP contribution in [-0.2, 0) is 26.1 Å². The number of ether oxygens (including phenoxy) is 1. The second kappa shape index (κ2) is 11.4. The molecular formula is C24H31N3O5S. The number of piperidine rings is 1. The number of carbonyl (C=O) groups excluding carboxylic acids is 2. The highest BCUT2D eigenvalue weighted by molar-refractivity contribution is 7.89. The van der Waals surface area contributed by atoms with E-state index < -0.39 is 16.0 Å². The maximum atomic E-state index is 13.1. The first-order valence-corrected chi connectivity index (χ1v) is 12.4. The van der Waals surface area contributed by atoms with Gasteiger partial charge in [-0.25, -0.2) is 13.2 Å². The highest BCUT2D eigenvalue weighted by atomic mass is 32.2. The molecule has 1 N–H and O–H groups in total. The minimum atomic E-state index is -3.86. The molecule has 2 aromatic rings. The molecule has 0 bridgehead atoms. The van der Waals surface area contributed by atoms with E-state index in [1.165, 1.54) is 29.1 Å². The molecule has 1 aliphatic heterocycles. The van der Waals surface area contributed by atoms with Crippen molar-refractivity contribution in [2.24, 2.45) is 5.92 Å². The largest absolute Gasteiger partial charge is 0.465 e. The Bertz CT molecular complexity index is 1050. The summed E-state index contributed by atoms with van der Waals surface area (Å²) in [5.41, 5.74) is 1.23. The van der Waals surface area contributed by atoms with Crippen molar-refractivity contribution in [1.82, 2.24) is 14.5 Å². The molecule has 0 aromatic heterocycles. The number of esters is 1. The molecule has 0 radical (unpaired) electrons. The lowest BCUT2D eigenvalue weighted by Gasteiger charge is -2.31. The van der Waals surface area contributed by atoms with Crippen LogP contribution in [0.1, 0.15) is 28.8 Å². The fraction of sp³-hybridized carbons (Fsp3) is 0.417. The smallest absolute Gasteiger partial charge is 0.339 e. The van der Waals surface area contributed by atoms with Crippen LogP contribution in [0.25, 0.3) is 0 Å². The molecule has 3 rings (SSSR count). The van der Waals surface area contributed by atoms with Crippen LogP contribution in [0.5, 0.6) is 0 Å². The summed E-state index contributed by atoms with van der Waals surface area (Å²) in [6, 6.07) is 16.2. The minimum absolute atomic E-state index is 0.0134. The van der Waals surface area contributed by atoms with Gasteiger partial charge in [-0.15, -0.1) is 0 Å². The van der Waals surface area contributed by atoms with E-state index in [4.69, 9.17) is 4.74 Å². The molecule has 0 atom stereocenters. The van der Waals surface area contributed by atoms with Gasteiger partial charge < -0.3 is 15.0 Å². The number of hydrogen-bond donors (Lipinski definition) is 1. The van der Waals surface area contributed by atoms with Crippen LogP contribution in [0.3, 0.4) is 0 Å². The zero-order valence-corrected chi connectivity index (χ0v) is 19.9. The topological polar surface area (TPSA) is 96.0 Å². The fourth-order valence-electron chi connectivity index (χ4n) is 3.96. The molecule has 0 saturated carbocycles. The number of nitrogens with one attached hydrogen (secondary N) is 1. The molecule has 2 aromatic carbocycles. The highest BCUT2D eigenvalue weighted by Gasteiger charge is 2.34. The van der Waals surface area contributed by atoms with Crippen LogP contribution < -0.4 is 5.32 Å². The van der Waals surface area contributed by atoms with Gasteiger partial charge in [-0.2, -0.15) is 4.31 Å². The van der Waals surface area contributed by atoms with E-state index in [1.54, 1.807) is 12.1 Å². The SMILES string of the molecule is COC(=O)c1ccccc1S(=O)(=O)N1CCC(C(=O)NCCN(C)Cc2ccccc2)CC1. The third kappa shape index (κ3) is 6.40. The van der Waals surface area contributed by atoms with Crippen molar-refractivity contribution in [3.8, 4) is 0 Å². The van der Waals surface area contributed by atoms with Gasteiger partial charge in [0.25, 0.3) is 0 Å². The molecule has 1 saturated heterocycles. The van der Waals surface area contributed by atoms with E-state index >= 15 is 0 Å². The monoisotopic (exact) mass is 473 g/mol. The summed E-state index contributed by atoms with van der Waals surface area (Å²) >= 11 is 0. The van der Waals surface area contributed by atoms with E-state index in [2.05, 4.69) is 22.3 Å². The lowest BCUT2D eigenvalue weighted by atomic mass is 9.97. The number of hydrogen-bond acceptors (Lipinski definition) is 6. The Balaban J connectivity index is 1.49. The normalized spacial score (nSPS) is 15.4. The lowest BCUT2D eigenvalue weighted by molar-refractivity contribution is -0.126. The molecule has 33 heavy (non-hydrogen) atoms. The predicted octanol–water partition coefficient (Wildman–Crippen LogP) is 2.12. The zero-order chi connectivity index (χ0) is 23.8. The van der Waals surface area contributed by atoms with Gasteiger partial charge in [0, 0.05) is 38.6 Å². The zero-order valence-electron chi connectivity index (χ0n) is 19.1. The maximum Gasteiger partial charge on any atom is 0.339 e. The van der Waals surface area contributed by atoms with E-state index in [-0.39, 0.29) is 35.4 Å². The Morgan fingerprint density at radius 1 is 1.06 bits per heavy atom. The molecule has 8 nitrogen and oxygen atoms in total. The van der Waals surface area contributed by atoms with E-state index in [9.17, 15) is 18.0 Å². The molecule has 1 amide bonds. The van der Waals surface area contributed by atoms with Crippen molar-refractivity contribution in [2.75, 3.05) is 40.3 Å². The number of amides is 1. The van der Waals surface area contributed by atoms with Crippen LogP contribution >= 0.6 is 0 Å². The van der Waals surface area contributed by atoms with E-state index in [0.29, 0.717) is 19.4 Å². The third-order valence-corrected chi connectivity index (χ3v) is 7.78. The first-order chi connectivity index (χ1) is 15.8. The summed E-state index contributed by atoms with van der Waals surface area (Å²) in [4.78, 5) is 26.7. The van der Waals surface area contributed by atoms with E-state index in [1.807, 2.05) is 25.2 Å². The average Bonchev–Trinajstić information content (AvgIpc) is 2.84. The van der Waals surface area contributed by atoms with Gasteiger partial charge in [0.15, 0.2) is 0 Å². The summed E-state index contributed by atoms with van der Waals surface area (Å²) in [5, 5.41) is 2.98. The van der Waals surface area contributed by atoms with Gasteiger partial charge in [0.1, 0.15) is 0 Å². The Morgan fingerprint density at radius 3 is 2.36 bits per heavy atom. The van der Waals surface area contributed by atoms with Crippen molar-refractivity contribution in [1.29, 1.82) is 0 Å². The van der Waals surface area contributed by atoms with Crippen molar-refractivity contribution in [3.05, 3.63) is 65.7 Å². The Labute approximate surface area is 195 Å². The van der Waals surface area contributed by atoms with Gasteiger partial charge in [0.05, 0.1) is 17.6 Å². The summed E-state index contributed by atoms with van der Waals surface area (Å²) in [6.45, 7) is 2.51. The molecule has 0 spiro atoms. The lowest BCUT2D eigenvalue weighted by Crippen LogP contribution is -2.44. The average molecular weight is 474 g/mol. The van der Waals surface area contributed by atoms with Crippen molar-refractivity contribution < 1.29 is 22.7 Å². The highest BCUT2D eigenvalue weighted by Crippen LogP contribution is 2.26. The van der Waals surface area contributed by atoms with Crippen LogP contribution in [0.2, 0.25) is 0 Å². The number of benzene rings is 2. The van der Waals surface area contributed by atoms with Crippen molar-refractivity contribution in [3.63, 3.8) is 0 Å². The number of methoxy groups -OCH3 is 1. The van der Waals surface area contributed by atoms with Gasteiger partial charge in [-0.1, -0.05) is 42.5 Å². The summed E-state index contributed by atoms with van der Waals surface area (Å²) in [5.74, 6) is -0.970. The Kier molecular flexibility index (Phi) is 8.60. The van der Waals surface area contributed by atoms with Crippen LogP contribution in [0.15, 0.2) is 59.5 Å². The van der Waals surface area contributed by atoms with Crippen LogP contribution in [-0.4, -0.2) is 69.8 Å². The predicted molar refractivity (Wildman–Crippen MR) is 125 cm³/mol. The Hall–Kier alpha value is -2.75. The van der Waals surface area contributed by atoms with Crippen molar-refractivity contribution >= 4 is 21.9 Å². The summed E-state index contributed by atoms with van der Waals surface area (Å²) in [7, 11) is -0.635. The second-order valence-corrected chi connectivity index (χ2v) is 10.1. The quantitative estimate of drug-likeness (QED) is 0.561. The molecule has 1 heterocycles. The van der Waals surface area contributed by atoms with Gasteiger partial charge in [0.2, 0.25) is 15.9 Å². The first kappa shape index (κ1) is 24.9. The second-order valence-electron chi connectivity index (χ2n) is 8.18.